The molecule has 0 aromatic heterocycles. The van der Waals surface area contributed by atoms with Crippen molar-refractivity contribution in [2.75, 3.05) is 11.9 Å². The molecule has 1 rings (SSSR count). The summed E-state index contributed by atoms with van der Waals surface area (Å²) in [5, 5.41) is 13.2. The molecule has 18 heavy (non-hydrogen) atoms. The molecule has 7 heteroatoms. The Morgan fingerprint density at radius 1 is 1.28 bits per heavy atom. The van der Waals surface area contributed by atoms with Gasteiger partial charge in [0.05, 0.1) is 0 Å². The summed E-state index contributed by atoms with van der Waals surface area (Å²) in [5.74, 6) is -4.19. The molecule has 0 saturated carbocycles. The van der Waals surface area contributed by atoms with Crippen LogP contribution in [0.3, 0.4) is 0 Å². The predicted octanol–water partition coefficient (Wildman–Crippen LogP) is 2.19. The fraction of sp³-hybridized carbons (Fsp3) is 0.273. The maximum Gasteiger partial charge on any atom is 0.341 e. The first-order valence-corrected chi connectivity index (χ1v) is 5.23. The van der Waals surface area contributed by atoms with Gasteiger partial charge < -0.3 is 15.7 Å². The third kappa shape index (κ3) is 3.41. The van der Waals surface area contributed by atoms with Gasteiger partial charge in [-0.15, -0.1) is 0 Å². The van der Waals surface area contributed by atoms with Crippen molar-refractivity contribution < 1.29 is 23.5 Å². The summed E-state index contributed by atoms with van der Waals surface area (Å²) in [7, 11) is 0. The highest BCUT2D eigenvalue weighted by molar-refractivity contribution is 5.92. The van der Waals surface area contributed by atoms with E-state index in [9.17, 15) is 18.4 Å². The molecule has 0 aliphatic heterocycles. The summed E-state index contributed by atoms with van der Waals surface area (Å²) in [6, 6.07) is 0.884. The summed E-state index contributed by atoms with van der Waals surface area (Å²) in [6.07, 6.45) is 0.716. The zero-order valence-corrected chi connectivity index (χ0v) is 9.59. The van der Waals surface area contributed by atoms with Gasteiger partial charge in [0.25, 0.3) is 0 Å². The lowest BCUT2D eigenvalue weighted by atomic mass is 10.2. The number of anilines is 1. The molecule has 0 aliphatic rings. The molecule has 5 nitrogen and oxygen atoms in total. The van der Waals surface area contributed by atoms with Crippen LogP contribution in [0, 0.1) is 11.6 Å². The number of carboxylic acids is 1. The third-order valence-corrected chi connectivity index (χ3v) is 2.05. The van der Waals surface area contributed by atoms with Crippen molar-refractivity contribution in [1.29, 1.82) is 0 Å². The van der Waals surface area contributed by atoms with Gasteiger partial charge in [0.15, 0.2) is 0 Å². The van der Waals surface area contributed by atoms with Gasteiger partial charge >= 0.3 is 12.0 Å². The van der Waals surface area contributed by atoms with Crippen LogP contribution in [0.25, 0.3) is 0 Å². The van der Waals surface area contributed by atoms with E-state index in [0.717, 1.165) is 12.1 Å². The van der Waals surface area contributed by atoms with E-state index in [4.69, 9.17) is 5.11 Å². The van der Waals surface area contributed by atoms with Gasteiger partial charge in [-0.2, -0.15) is 0 Å². The molecule has 3 N–H and O–H groups in total. The Morgan fingerprint density at radius 3 is 2.28 bits per heavy atom. The van der Waals surface area contributed by atoms with Crippen LogP contribution in [0.5, 0.6) is 0 Å². The molecule has 0 atom stereocenters. The summed E-state index contributed by atoms with van der Waals surface area (Å²) < 4.78 is 26.5. The number of urea groups is 1. The largest absolute Gasteiger partial charge is 0.477 e. The second-order valence-corrected chi connectivity index (χ2v) is 3.50. The van der Waals surface area contributed by atoms with Crippen molar-refractivity contribution in [2.24, 2.45) is 0 Å². The van der Waals surface area contributed by atoms with E-state index in [1.165, 1.54) is 0 Å². The van der Waals surface area contributed by atoms with Crippen molar-refractivity contribution in [3.05, 3.63) is 29.3 Å². The first kappa shape index (κ1) is 13.9. The molecule has 0 aliphatic carbocycles. The molecule has 0 heterocycles. The lowest BCUT2D eigenvalue weighted by molar-refractivity contribution is 0.0686. The monoisotopic (exact) mass is 258 g/mol. The SMILES string of the molecule is CCCNC(=O)Nc1cc(F)c(C(=O)O)c(F)c1. The highest BCUT2D eigenvalue weighted by Gasteiger charge is 2.18. The normalized spacial score (nSPS) is 9.94. The number of nitrogens with one attached hydrogen (secondary N) is 2. The third-order valence-electron chi connectivity index (χ3n) is 2.05. The van der Waals surface area contributed by atoms with Gasteiger partial charge in [-0.3, -0.25) is 0 Å². The number of hydrogen-bond acceptors (Lipinski definition) is 2. The molecule has 0 spiro atoms. The fourth-order valence-electron chi connectivity index (χ4n) is 1.26. The Kier molecular flexibility index (Phi) is 4.59. The van der Waals surface area contributed by atoms with E-state index in [1.807, 2.05) is 6.92 Å². The van der Waals surface area contributed by atoms with Crippen molar-refractivity contribution >= 4 is 17.7 Å². The standard InChI is InChI=1S/C11H12F2N2O3/c1-2-3-14-11(18)15-6-4-7(12)9(10(16)17)8(13)5-6/h4-5H,2-3H2,1H3,(H,16,17)(H2,14,15,18). The first-order chi connectivity index (χ1) is 8.45. The Morgan fingerprint density at radius 2 is 1.83 bits per heavy atom. The highest BCUT2D eigenvalue weighted by atomic mass is 19.1. The molecule has 0 unspecified atom stereocenters. The van der Waals surface area contributed by atoms with Gasteiger partial charge in [0.2, 0.25) is 0 Å². The van der Waals surface area contributed by atoms with Crippen LogP contribution < -0.4 is 10.6 Å². The minimum atomic E-state index is -1.70. The Labute approximate surface area is 102 Å². The van der Waals surface area contributed by atoms with Crippen LogP contribution in [-0.2, 0) is 0 Å². The zero-order chi connectivity index (χ0) is 13.7. The predicted molar refractivity (Wildman–Crippen MR) is 60.6 cm³/mol. The first-order valence-electron chi connectivity index (χ1n) is 5.23. The van der Waals surface area contributed by atoms with Crippen LogP contribution in [-0.4, -0.2) is 23.7 Å². The number of aromatic carboxylic acids is 1. The number of hydrogen-bond donors (Lipinski definition) is 3. The van der Waals surface area contributed by atoms with E-state index >= 15 is 0 Å². The maximum atomic E-state index is 13.3. The molecule has 0 radical (unpaired) electrons. The van der Waals surface area contributed by atoms with Gasteiger partial charge in [-0.1, -0.05) is 6.92 Å². The lowest BCUT2D eigenvalue weighted by Crippen LogP contribution is -2.29. The van der Waals surface area contributed by atoms with Crippen molar-refractivity contribution in [3.8, 4) is 0 Å². The molecule has 0 fully saturated rings. The quantitative estimate of drug-likeness (QED) is 0.774. The summed E-state index contributed by atoms with van der Waals surface area (Å²) in [6.45, 7) is 2.27. The maximum absolute atomic E-state index is 13.3. The lowest BCUT2D eigenvalue weighted by Gasteiger charge is -2.08. The van der Waals surface area contributed by atoms with Gasteiger partial charge in [0.1, 0.15) is 17.2 Å². The topological polar surface area (TPSA) is 78.4 Å². The number of amides is 2. The van der Waals surface area contributed by atoms with E-state index in [-0.39, 0.29) is 5.69 Å². The number of rotatable bonds is 4. The number of benzene rings is 1. The molecule has 2 amide bonds. The second kappa shape index (κ2) is 5.95. The van der Waals surface area contributed by atoms with E-state index < -0.39 is 29.2 Å². The van der Waals surface area contributed by atoms with Crippen LogP contribution >= 0.6 is 0 Å². The molecule has 98 valence electrons. The molecule has 1 aromatic rings. The highest BCUT2D eigenvalue weighted by Crippen LogP contribution is 2.18. The van der Waals surface area contributed by atoms with Crippen LogP contribution in [0.2, 0.25) is 0 Å². The average molecular weight is 258 g/mol. The number of halogens is 2. The summed E-state index contributed by atoms with van der Waals surface area (Å²) in [5.41, 5.74) is -1.20. The van der Waals surface area contributed by atoms with Crippen LogP contribution in [0.4, 0.5) is 19.3 Å². The van der Waals surface area contributed by atoms with Crippen LogP contribution in [0.15, 0.2) is 12.1 Å². The Balaban J connectivity index is 2.87. The molecular weight excluding hydrogens is 246 g/mol. The second-order valence-electron chi connectivity index (χ2n) is 3.50. The van der Waals surface area contributed by atoms with Gasteiger partial charge in [0, 0.05) is 12.2 Å². The van der Waals surface area contributed by atoms with E-state index in [1.54, 1.807) is 0 Å². The molecule has 0 saturated heterocycles. The Bertz CT molecular complexity index is 454. The average Bonchev–Trinajstić information content (AvgIpc) is 2.24. The molecule has 1 aromatic carbocycles. The number of carbonyl (C=O) groups excluding carboxylic acids is 1. The van der Waals surface area contributed by atoms with Gasteiger partial charge in [-0.25, -0.2) is 18.4 Å². The minimum absolute atomic E-state index is 0.149. The van der Waals surface area contributed by atoms with Gasteiger partial charge in [-0.05, 0) is 18.6 Å². The Hall–Kier alpha value is -2.18. The number of carbonyl (C=O) groups is 2. The summed E-state index contributed by atoms with van der Waals surface area (Å²) in [4.78, 5) is 21.8. The van der Waals surface area contributed by atoms with Crippen molar-refractivity contribution in [2.45, 2.75) is 13.3 Å². The van der Waals surface area contributed by atoms with Crippen molar-refractivity contribution in [1.82, 2.24) is 5.32 Å². The van der Waals surface area contributed by atoms with E-state index in [2.05, 4.69) is 10.6 Å². The van der Waals surface area contributed by atoms with E-state index in [0.29, 0.717) is 13.0 Å². The minimum Gasteiger partial charge on any atom is -0.477 e. The van der Waals surface area contributed by atoms with Crippen LogP contribution in [0.1, 0.15) is 23.7 Å². The smallest absolute Gasteiger partial charge is 0.341 e. The number of carboxylic acid groups (broad SMARTS) is 1. The molecular formula is C11H12F2N2O3. The molecule has 0 bridgehead atoms. The fourth-order valence-corrected chi connectivity index (χ4v) is 1.26. The zero-order valence-electron chi connectivity index (χ0n) is 9.59. The van der Waals surface area contributed by atoms with Crippen molar-refractivity contribution in [3.63, 3.8) is 0 Å². The summed E-state index contributed by atoms with van der Waals surface area (Å²) >= 11 is 0.